The summed E-state index contributed by atoms with van der Waals surface area (Å²) in [5.74, 6) is 0.176. The molecule has 0 radical (unpaired) electrons. The lowest BCUT2D eigenvalue weighted by Crippen LogP contribution is -2.32. The van der Waals surface area contributed by atoms with E-state index in [1.54, 1.807) is 20.8 Å². The lowest BCUT2D eigenvalue weighted by atomic mass is 9.81. The van der Waals surface area contributed by atoms with Gasteiger partial charge in [-0.1, -0.05) is 0 Å². The maximum Gasteiger partial charge on any atom is 0.489 e. The number of carbonyl (C=O) groups excluding carboxylic acids is 1. The summed E-state index contributed by atoms with van der Waals surface area (Å²) in [6, 6.07) is 1.35. The third-order valence-electron chi connectivity index (χ3n) is 1.79. The van der Waals surface area contributed by atoms with E-state index in [9.17, 15) is 4.79 Å². The molecule has 0 aliphatic carbocycles. The van der Waals surface area contributed by atoms with Gasteiger partial charge in [-0.3, -0.25) is 5.32 Å². The molecule has 0 saturated carbocycles. The number of anilines is 1. The van der Waals surface area contributed by atoms with Gasteiger partial charge in [-0.05, 0) is 42.8 Å². The van der Waals surface area contributed by atoms with Gasteiger partial charge in [0.05, 0.1) is 0 Å². The van der Waals surface area contributed by atoms with Crippen LogP contribution in [0.5, 0.6) is 0 Å². The SMILES string of the molecule is CC(C)(C)OC(=O)Nc1cc(B(O)O)c(Br)cn1. The van der Waals surface area contributed by atoms with Crippen LogP contribution in [0, 0.1) is 0 Å². The summed E-state index contributed by atoms with van der Waals surface area (Å²) in [5.41, 5.74) is -0.408. The number of ether oxygens (including phenoxy) is 1. The third-order valence-corrected chi connectivity index (χ3v) is 2.45. The Morgan fingerprint density at radius 2 is 2.11 bits per heavy atom. The van der Waals surface area contributed by atoms with E-state index in [0.29, 0.717) is 4.47 Å². The lowest BCUT2D eigenvalue weighted by Gasteiger charge is -2.19. The van der Waals surface area contributed by atoms with Crippen molar-refractivity contribution in [2.75, 3.05) is 5.32 Å². The van der Waals surface area contributed by atoms with Crippen LogP contribution < -0.4 is 10.8 Å². The lowest BCUT2D eigenvalue weighted by molar-refractivity contribution is 0.0635. The molecule has 0 atom stereocenters. The number of halogens is 1. The van der Waals surface area contributed by atoms with Gasteiger partial charge in [0.25, 0.3) is 0 Å². The zero-order valence-corrected chi connectivity index (χ0v) is 11.9. The van der Waals surface area contributed by atoms with Gasteiger partial charge < -0.3 is 14.8 Å². The molecule has 1 rings (SSSR count). The molecule has 0 aromatic carbocycles. The van der Waals surface area contributed by atoms with E-state index in [4.69, 9.17) is 14.8 Å². The van der Waals surface area contributed by atoms with E-state index in [1.165, 1.54) is 12.3 Å². The first-order valence-electron chi connectivity index (χ1n) is 5.20. The minimum atomic E-state index is -1.65. The Bertz CT molecular complexity index is 448. The van der Waals surface area contributed by atoms with Crippen LogP contribution >= 0.6 is 15.9 Å². The molecule has 1 heterocycles. The van der Waals surface area contributed by atoms with Gasteiger partial charge in [-0.25, -0.2) is 9.78 Å². The van der Waals surface area contributed by atoms with E-state index in [0.717, 1.165) is 0 Å². The predicted molar refractivity (Wildman–Crippen MR) is 71.6 cm³/mol. The Balaban J connectivity index is 2.80. The van der Waals surface area contributed by atoms with Crippen molar-refractivity contribution in [2.24, 2.45) is 0 Å². The number of hydrogen-bond acceptors (Lipinski definition) is 5. The van der Waals surface area contributed by atoms with Crippen LogP contribution in [0.15, 0.2) is 16.7 Å². The summed E-state index contributed by atoms with van der Waals surface area (Å²) in [5, 5.41) is 20.6. The molecule has 0 saturated heterocycles. The molecular weight excluding hydrogens is 303 g/mol. The molecule has 0 aliphatic rings. The number of nitrogens with one attached hydrogen (secondary N) is 1. The van der Waals surface area contributed by atoms with Crippen LogP contribution in [0.3, 0.4) is 0 Å². The maximum atomic E-state index is 11.5. The van der Waals surface area contributed by atoms with Crippen LogP contribution in [-0.4, -0.2) is 33.8 Å². The van der Waals surface area contributed by atoms with Crippen LogP contribution in [0.2, 0.25) is 0 Å². The first-order valence-corrected chi connectivity index (χ1v) is 6.00. The molecule has 1 amide bonds. The van der Waals surface area contributed by atoms with Crippen LogP contribution in [0.25, 0.3) is 0 Å². The molecule has 0 bridgehead atoms. The summed E-state index contributed by atoms with van der Waals surface area (Å²) < 4.78 is 5.48. The first kappa shape index (κ1) is 14.9. The molecule has 3 N–H and O–H groups in total. The van der Waals surface area contributed by atoms with Gasteiger partial charge in [0.1, 0.15) is 11.4 Å². The Labute approximate surface area is 114 Å². The van der Waals surface area contributed by atoms with Crippen molar-refractivity contribution in [1.29, 1.82) is 0 Å². The van der Waals surface area contributed by atoms with Crippen LogP contribution in [0.1, 0.15) is 20.8 Å². The topological polar surface area (TPSA) is 91.7 Å². The standard InChI is InChI=1S/C10H14BBrN2O4/c1-10(2,3)18-9(15)14-8-4-6(11(16)17)7(12)5-13-8/h4-5,16-17H,1-3H3,(H,13,14,15). The zero-order valence-electron chi connectivity index (χ0n) is 10.3. The zero-order chi connectivity index (χ0) is 13.9. The minimum Gasteiger partial charge on any atom is -0.444 e. The first-order chi connectivity index (χ1) is 8.19. The highest BCUT2D eigenvalue weighted by atomic mass is 79.9. The number of carbonyl (C=O) groups is 1. The van der Waals surface area contributed by atoms with E-state index in [2.05, 4.69) is 26.2 Å². The molecule has 18 heavy (non-hydrogen) atoms. The number of hydrogen-bond donors (Lipinski definition) is 3. The summed E-state index contributed by atoms with van der Waals surface area (Å²) in [4.78, 5) is 15.4. The summed E-state index contributed by atoms with van der Waals surface area (Å²) in [6.07, 6.45) is 0.706. The fraction of sp³-hybridized carbons (Fsp3) is 0.400. The highest BCUT2D eigenvalue weighted by molar-refractivity contribution is 9.10. The minimum absolute atomic E-state index is 0.176. The smallest absolute Gasteiger partial charge is 0.444 e. The third kappa shape index (κ3) is 4.63. The van der Waals surface area contributed by atoms with E-state index >= 15 is 0 Å². The van der Waals surface area contributed by atoms with Crippen molar-refractivity contribution in [3.05, 3.63) is 16.7 Å². The molecule has 0 unspecified atom stereocenters. The number of rotatable bonds is 2. The molecule has 6 nitrogen and oxygen atoms in total. The second-order valence-corrected chi connectivity index (χ2v) is 5.45. The molecule has 8 heteroatoms. The normalized spacial score (nSPS) is 11.0. The van der Waals surface area contributed by atoms with Gasteiger partial charge in [0.15, 0.2) is 0 Å². The Morgan fingerprint density at radius 1 is 1.50 bits per heavy atom. The number of nitrogens with zero attached hydrogens (tertiary/aromatic N) is 1. The maximum absolute atomic E-state index is 11.5. The highest BCUT2D eigenvalue weighted by Crippen LogP contribution is 2.12. The van der Waals surface area contributed by atoms with Crippen molar-refractivity contribution in [3.63, 3.8) is 0 Å². The molecule has 98 valence electrons. The average molecular weight is 317 g/mol. The van der Waals surface area contributed by atoms with Crippen molar-refractivity contribution >= 4 is 40.4 Å². The van der Waals surface area contributed by atoms with Crippen molar-refractivity contribution < 1.29 is 19.6 Å². The fourth-order valence-electron chi connectivity index (χ4n) is 1.13. The summed E-state index contributed by atoms with van der Waals surface area (Å²) >= 11 is 3.12. The second kappa shape index (κ2) is 5.68. The second-order valence-electron chi connectivity index (χ2n) is 4.59. The fourth-order valence-corrected chi connectivity index (χ4v) is 1.55. The molecular formula is C10H14BBrN2O4. The van der Waals surface area contributed by atoms with Crippen molar-refractivity contribution in [3.8, 4) is 0 Å². The van der Waals surface area contributed by atoms with Crippen molar-refractivity contribution in [1.82, 2.24) is 4.98 Å². The number of aromatic nitrogens is 1. The van der Waals surface area contributed by atoms with Gasteiger partial charge in [-0.15, -0.1) is 0 Å². The Morgan fingerprint density at radius 3 is 2.61 bits per heavy atom. The Kier molecular flexibility index (Phi) is 4.72. The van der Waals surface area contributed by atoms with Gasteiger partial charge >= 0.3 is 13.2 Å². The van der Waals surface area contributed by atoms with Crippen LogP contribution in [0.4, 0.5) is 10.6 Å². The molecule has 0 fully saturated rings. The van der Waals surface area contributed by atoms with Gasteiger partial charge in [0.2, 0.25) is 0 Å². The largest absolute Gasteiger partial charge is 0.489 e. The average Bonchev–Trinajstić information content (AvgIpc) is 2.17. The van der Waals surface area contributed by atoms with Gasteiger partial charge in [-0.2, -0.15) is 0 Å². The van der Waals surface area contributed by atoms with Crippen molar-refractivity contribution in [2.45, 2.75) is 26.4 Å². The monoisotopic (exact) mass is 316 g/mol. The predicted octanol–water partition coefficient (Wildman–Crippen LogP) is 0.871. The van der Waals surface area contributed by atoms with E-state index in [-0.39, 0.29) is 11.3 Å². The van der Waals surface area contributed by atoms with E-state index < -0.39 is 18.8 Å². The quantitative estimate of drug-likeness (QED) is 0.704. The highest BCUT2D eigenvalue weighted by Gasteiger charge is 2.19. The number of pyridine rings is 1. The molecule has 0 aliphatic heterocycles. The molecule has 1 aromatic heterocycles. The molecule has 0 spiro atoms. The van der Waals surface area contributed by atoms with Gasteiger partial charge in [0, 0.05) is 16.1 Å². The summed E-state index contributed by atoms with van der Waals surface area (Å²) in [6.45, 7) is 5.22. The van der Waals surface area contributed by atoms with Crippen LogP contribution in [-0.2, 0) is 4.74 Å². The van der Waals surface area contributed by atoms with E-state index in [1.807, 2.05) is 0 Å². The number of amides is 1. The molecule has 1 aromatic rings. The summed E-state index contributed by atoms with van der Waals surface area (Å²) in [7, 11) is -1.65. The Hall–Kier alpha value is -1.12.